The Morgan fingerprint density at radius 1 is 0.941 bits per heavy atom. The Hall–Kier alpha value is -3.35. The summed E-state index contributed by atoms with van der Waals surface area (Å²) in [5.74, 6) is 0.105. The summed E-state index contributed by atoms with van der Waals surface area (Å²) in [6.45, 7) is 5.93. The summed E-state index contributed by atoms with van der Waals surface area (Å²) >= 11 is 0. The number of hydrogen-bond acceptors (Lipinski definition) is 3. The summed E-state index contributed by atoms with van der Waals surface area (Å²) in [5, 5.41) is 11.8. The van der Waals surface area contributed by atoms with E-state index in [1.54, 1.807) is 0 Å². The second-order valence-corrected chi connectivity index (χ2v) is 9.46. The monoisotopic (exact) mass is 461 g/mol. The third-order valence-electron chi connectivity index (χ3n) is 6.31. The molecule has 4 rings (SSSR count). The number of nitrogens with zero attached hydrogens (tertiary/aromatic N) is 3. The van der Waals surface area contributed by atoms with Gasteiger partial charge in [-0.2, -0.15) is 5.10 Å². The Balaban J connectivity index is 1.48. The summed E-state index contributed by atoms with van der Waals surface area (Å²) in [6, 6.07) is 17.3. The normalized spacial score (nSPS) is 15.2. The standard InChI is InChI=1S/C27H35N5O2/c1-20(2)18-23(29-27(34)31-16-10-3-4-11-17-31)26(33)28-19-24-22-14-8-9-15-25(22)32(30-24)21-12-6-5-7-13-21/h5-9,12-15,20,23H,3-4,10-11,16-19H2,1-2H3,(H,28,33)(H,29,34)/t23-/m0/s1. The Kier molecular flexibility index (Phi) is 7.83. The molecule has 0 bridgehead atoms. The lowest BCUT2D eigenvalue weighted by molar-refractivity contribution is -0.123. The van der Waals surface area contributed by atoms with Crippen molar-refractivity contribution >= 4 is 22.8 Å². The molecule has 34 heavy (non-hydrogen) atoms. The minimum Gasteiger partial charge on any atom is -0.349 e. The van der Waals surface area contributed by atoms with Crippen molar-refractivity contribution in [2.45, 2.75) is 58.5 Å². The molecule has 0 unspecified atom stereocenters. The van der Waals surface area contributed by atoms with Crippen LogP contribution in [0.1, 0.15) is 51.6 Å². The van der Waals surface area contributed by atoms with Crippen LogP contribution in [0.4, 0.5) is 4.79 Å². The van der Waals surface area contributed by atoms with Crippen LogP contribution in [0.25, 0.3) is 16.6 Å². The summed E-state index contributed by atoms with van der Waals surface area (Å²) in [4.78, 5) is 27.9. The Morgan fingerprint density at radius 3 is 2.32 bits per heavy atom. The first-order valence-electron chi connectivity index (χ1n) is 12.4. The van der Waals surface area contributed by atoms with Gasteiger partial charge in [-0.05, 0) is 43.4 Å². The van der Waals surface area contributed by atoms with Gasteiger partial charge in [0.15, 0.2) is 0 Å². The van der Waals surface area contributed by atoms with E-state index >= 15 is 0 Å². The number of para-hydroxylation sites is 2. The SMILES string of the molecule is CC(C)C[C@H](NC(=O)N1CCCCCC1)C(=O)NCc1nn(-c2ccccc2)c2ccccc12. The van der Waals surface area contributed by atoms with Crippen molar-refractivity contribution in [1.82, 2.24) is 25.3 Å². The van der Waals surface area contributed by atoms with Crippen LogP contribution in [0.15, 0.2) is 54.6 Å². The molecule has 3 amide bonds. The van der Waals surface area contributed by atoms with Crippen molar-refractivity contribution in [1.29, 1.82) is 0 Å². The highest BCUT2D eigenvalue weighted by atomic mass is 16.2. The lowest BCUT2D eigenvalue weighted by atomic mass is 10.0. The van der Waals surface area contributed by atoms with Crippen LogP contribution in [0.3, 0.4) is 0 Å². The predicted octanol–water partition coefficient (Wildman–Crippen LogP) is 4.64. The number of aromatic nitrogens is 2. The molecule has 2 heterocycles. The van der Waals surface area contributed by atoms with Crippen LogP contribution in [-0.2, 0) is 11.3 Å². The molecular formula is C27H35N5O2. The van der Waals surface area contributed by atoms with Gasteiger partial charge in [0.25, 0.3) is 0 Å². The van der Waals surface area contributed by atoms with Crippen LogP contribution >= 0.6 is 0 Å². The van der Waals surface area contributed by atoms with Crippen LogP contribution in [0, 0.1) is 5.92 Å². The fourth-order valence-corrected chi connectivity index (χ4v) is 4.54. The second-order valence-electron chi connectivity index (χ2n) is 9.46. The van der Waals surface area contributed by atoms with Gasteiger partial charge in [0.2, 0.25) is 5.91 Å². The fourth-order valence-electron chi connectivity index (χ4n) is 4.54. The van der Waals surface area contributed by atoms with E-state index in [4.69, 9.17) is 5.10 Å². The van der Waals surface area contributed by atoms with E-state index in [0.29, 0.717) is 13.0 Å². The number of carbonyl (C=O) groups is 2. The van der Waals surface area contributed by atoms with Crippen molar-refractivity contribution in [3.05, 3.63) is 60.3 Å². The van der Waals surface area contributed by atoms with Gasteiger partial charge in [0.1, 0.15) is 6.04 Å². The Labute approximate surface area is 201 Å². The van der Waals surface area contributed by atoms with Gasteiger partial charge in [0, 0.05) is 18.5 Å². The largest absolute Gasteiger partial charge is 0.349 e. The number of nitrogens with one attached hydrogen (secondary N) is 2. The van der Waals surface area contributed by atoms with E-state index in [1.165, 1.54) is 0 Å². The maximum atomic E-state index is 13.2. The van der Waals surface area contributed by atoms with Gasteiger partial charge in [-0.3, -0.25) is 4.79 Å². The smallest absolute Gasteiger partial charge is 0.318 e. The third-order valence-corrected chi connectivity index (χ3v) is 6.31. The van der Waals surface area contributed by atoms with E-state index in [0.717, 1.165) is 61.1 Å². The molecule has 1 aliphatic rings. The Bertz CT molecular complexity index is 1100. The summed E-state index contributed by atoms with van der Waals surface area (Å²) in [5.41, 5.74) is 2.76. The average Bonchev–Trinajstić information content (AvgIpc) is 3.00. The molecule has 2 N–H and O–H groups in total. The fraction of sp³-hybridized carbons (Fsp3) is 0.444. The summed E-state index contributed by atoms with van der Waals surface area (Å²) in [7, 11) is 0. The molecule has 1 aromatic heterocycles. The van der Waals surface area contributed by atoms with E-state index in [9.17, 15) is 9.59 Å². The molecule has 7 heteroatoms. The third kappa shape index (κ3) is 5.76. The van der Waals surface area contributed by atoms with Gasteiger partial charge < -0.3 is 15.5 Å². The predicted molar refractivity (Wildman–Crippen MR) is 135 cm³/mol. The zero-order chi connectivity index (χ0) is 23.9. The van der Waals surface area contributed by atoms with Crippen LogP contribution in [0.2, 0.25) is 0 Å². The molecule has 0 saturated carbocycles. The van der Waals surface area contributed by atoms with Crippen LogP contribution < -0.4 is 10.6 Å². The number of likely N-dealkylation sites (tertiary alicyclic amines) is 1. The number of hydrogen-bond donors (Lipinski definition) is 2. The molecular weight excluding hydrogens is 426 g/mol. The highest BCUT2D eigenvalue weighted by Crippen LogP contribution is 2.22. The number of urea groups is 1. The summed E-state index contributed by atoms with van der Waals surface area (Å²) in [6.07, 6.45) is 4.94. The molecule has 7 nitrogen and oxygen atoms in total. The lowest BCUT2D eigenvalue weighted by Crippen LogP contribution is -2.51. The van der Waals surface area contributed by atoms with Crippen molar-refractivity contribution in [3.63, 3.8) is 0 Å². The van der Waals surface area contributed by atoms with Crippen LogP contribution in [0.5, 0.6) is 0 Å². The first-order chi connectivity index (χ1) is 16.5. The van der Waals surface area contributed by atoms with Gasteiger partial charge in [-0.15, -0.1) is 0 Å². The summed E-state index contributed by atoms with van der Waals surface area (Å²) < 4.78 is 1.91. The first kappa shape index (κ1) is 23.8. The first-order valence-corrected chi connectivity index (χ1v) is 12.4. The number of rotatable bonds is 7. The van der Waals surface area contributed by atoms with Gasteiger partial charge in [0.05, 0.1) is 23.4 Å². The number of benzene rings is 2. The van der Waals surface area contributed by atoms with Crippen molar-refractivity contribution in [3.8, 4) is 5.69 Å². The quantitative estimate of drug-likeness (QED) is 0.538. The molecule has 2 aromatic carbocycles. The average molecular weight is 462 g/mol. The molecule has 3 aromatic rings. The van der Waals surface area contributed by atoms with Crippen molar-refractivity contribution in [2.75, 3.05) is 13.1 Å². The molecule has 1 fully saturated rings. The van der Waals surface area contributed by atoms with E-state index < -0.39 is 6.04 Å². The second kappa shape index (κ2) is 11.2. The lowest BCUT2D eigenvalue weighted by Gasteiger charge is -2.26. The molecule has 1 aliphatic heterocycles. The van der Waals surface area contributed by atoms with Gasteiger partial charge in [-0.1, -0.05) is 63.1 Å². The molecule has 1 atom stereocenters. The van der Waals surface area contributed by atoms with Crippen molar-refractivity contribution < 1.29 is 9.59 Å². The maximum Gasteiger partial charge on any atom is 0.318 e. The molecule has 180 valence electrons. The van der Waals surface area contributed by atoms with Crippen molar-refractivity contribution in [2.24, 2.45) is 5.92 Å². The number of fused-ring (bicyclic) bond motifs is 1. The maximum absolute atomic E-state index is 13.2. The minimum absolute atomic E-state index is 0.137. The van der Waals surface area contributed by atoms with E-state index in [1.807, 2.05) is 64.2 Å². The molecule has 1 saturated heterocycles. The molecule has 0 spiro atoms. The van der Waals surface area contributed by atoms with Crippen LogP contribution in [-0.4, -0.2) is 45.8 Å². The molecule has 0 radical (unpaired) electrons. The number of amides is 3. The number of carbonyl (C=O) groups excluding carboxylic acids is 2. The highest BCUT2D eigenvalue weighted by molar-refractivity contribution is 5.88. The Morgan fingerprint density at radius 2 is 1.62 bits per heavy atom. The zero-order valence-corrected chi connectivity index (χ0v) is 20.2. The van der Waals surface area contributed by atoms with Gasteiger partial charge in [-0.25, -0.2) is 9.48 Å². The topological polar surface area (TPSA) is 79.3 Å². The minimum atomic E-state index is -0.571. The highest BCUT2D eigenvalue weighted by Gasteiger charge is 2.25. The van der Waals surface area contributed by atoms with E-state index in [-0.39, 0.29) is 17.9 Å². The van der Waals surface area contributed by atoms with Gasteiger partial charge >= 0.3 is 6.03 Å². The van der Waals surface area contributed by atoms with E-state index in [2.05, 4.69) is 24.5 Å². The zero-order valence-electron chi connectivity index (χ0n) is 20.2. The molecule has 0 aliphatic carbocycles.